The second kappa shape index (κ2) is 8.89. The van der Waals surface area contributed by atoms with Crippen LogP contribution in [0.2, 0.25) is 0 Å². The van der Waals surface area contributed by atoms with Gasteiger partial charge in [0.05, 0.1) is 35.6 Å². The standard InChI is InChI=1S/C16H16BrNO5S/c1-2-22-15(20)9-14-18(13(19)10-24-14)7-8-23-16(21)11-5-3-4-6-12(11)17/h3-6,9H,2,7-8,10H2,1H3/b14-9-. The quantitative estimate of drug-likeness (QED) is 0.527. The molecule has 8 heteroatoms. The second-order valence-corrected chi connectivity index (χ2v) is 6.53. The molecule has 0 spiro atoms. The normalized spacial score (nSPS) is 15.7. The van der Waals surface area contributed by atoms with Crippen LogP contribution in [0.1, 0.15) is 17.3 Å². The number of thioether (sulfide) groups is 1. The summed E-state index contributed by atoms with van der Waals surface area (Å²) in [7, 11) is 0. The number of esters is 2. The molecule has 1 heterocycles. The number of hydrogen-bond donors (Lipinski definition) is 0. The minimum atomic E-state index is -0.495. The fourth-order valence-electron chi connectivity index (χ4n) is 1.99. The van der Waals surface area contributed by atoms with Crippen LogP contribution in [-0.4, -0.2) is 48.3 Å². The summed E-state index contributed by atoms with van der Waals surface area (Å²) in [4.78, 5) is 36.8. The van der Waals surface area contributed by atoms with E-state index in [9.17, 15) is 14.4 Å². The number of halogens is 1. The van der Waals surface area contributed by atoms with Crippen molar-refractivity contribution in [3.63, 3.8) is 0 Å². The van der Waals surface area contributed by atoms with Gasteiger partial charge in [0.15, 0.2) is 0 Å². The molecule has 128 valence electrons. The Balaban J connectivity index is 1.92. The Morgan fingerprint density at radius 2 is 2.08 bits per heavy atom. The lowest BCUT2D eigenvalue weighted by molar-refractivity contribution is -0.137. The van der Waals surface area contributed by atoms with Crippen LogP contribution in [0.25, 0.3) is 0 Å². The molecule has 2 rings (SSSR count). The van der Waals surface area contributed by atoms with Crippen LogP contribution in [-0.2, 0) is 19.1 Å². The third kappa shape index (κ3) is 4.85. The zero-order valence-electron chi connectivity index (χ0n) is 13.0. The highest BCUT2D eigenvalue weighted by molar-refractivity contribution is 9.10. The Labute approximate surface area is 152 Å². The first-order valence-electron chi connectivity index (χ1n) is 7.26. The SMILES string of the molecule is CCOC(=O)/C=C1\SCC(=O)N1CCOC(=O)c1ccccc1Br. The van der Waals surface area contributed by atoms with E-state index in [1.54, 1.807) is 31.2 Å². The first-order chi connectivity index (χ1) is 11.5. The van der Waals surface area contributed by atoms with Crippen LogP contribution in [0.5, 0.6) is 0 Å². The second-order valence-electron chi connectivity index (χ2n) is 4.68. The Kier molecular flexibility index (Phi) is 6.86. The molecular weight excluding hydrogens is 398 g/mol. The van der Waals surface area contributed by atoms with Crippen molar-refractivity contribution in [1.29, 1.82) is 0 Å². The summed E-state index contributed by atoms with van der Waals surface area (Å²) in [6.45, 7) is 2.20. The monoisotopic (exact) mass is 413 g/mol. The van der Waals surface area contributed by atoms with Crippen molar-refractivity contribution in [3.8, 4) is 0 Å². The number of carbonyl (C=O) groups excluding carboxylic acids is 3. The lowest BCUT2D eigenvalue weighted by atomic mass is 10.2. The molecule has 0 atom stereocenters. The van der Waals surface area contributed by atoms with Crippen LogP contribution < -0.4 is 0 Å². The van der Waals surface area contributed by atoms with Gasteiger partial charge in [-0.15, -0.1) is 0 Å². The van der Waals surface area contributed by atoms with E-state index < -0.39 is 11.9 Å². The molecule has 1 amide bonds. The molecule has 0 saturated carbocycles. The third-order valence-corrected chi connectivity index (χ3v) is 4.80. The number of carbonyl (C=O) groups is 3. The van der Waals surface area contributed by atoms with Crippen LogP contribution in [0, 0.1) is 0 Å². The predicted octanol–water partition coefficient (Wildman–Crippen LogP) is 2.59. The Hall–Kier alpha value is -1.80. The smallest absolute Gasteiger partial charge is 0.339 e. The molecule has 24 heavy (non-hydrogen) atoms. The van der Waals surface area contributed by atoms with E-state index >= 15 is 0 Å². The van der Waals surface area contributed by atoms with Gasteiger partial charge < -0.3 is 14.4 Å². The van der Waals surface area contributed by atoms with Gasteiger partial charge >= 0.3 is 11.9 Å². The molecule has 1 aromatic rings. The average molecular weight is 414 g/mol. The molecule has 1 aliphatic heterocycles. The first-order valence-corrected chi connectivity index (χ1v) is 9.04. The molecule has 1 fully saturated rings. The van der Waals surface area contributed by atoms with E-state index in [2.05, 4.69) is 15.9 Å². The summed E-state index contributed by atoms with van der Waals surface area (Å²) < 4.78 is 10.7. The average Bonchev–Trinajstić information content (AvgIpc) is 2.88. The fourth-order valence-corrected chi connectivity index (χ4v) is 3.39. The van der Waals surface area contributed by atoms with E-state index in [1.165, 1.54) is 22.7 Å². The van der Waals surface area contributed by atoms with E-state index in [1.807, 2.05) is 0 Å². The van der Waals surface area contributed by atoms with Crippen molar-refractivity contribution in [2.45, 2.75) is 6.92 Å². The molecule has 6 nitrogen and oxygen atoms in total. The summed E-state index contributed by atoms with van der Waals surface area (Å²) in [6, 6.07) is 6.93. The van der Waals surface area contributed by atoms with Crippen molar-refractivity contribution in [1.82, 2.24) is 4.90 Å². The summed E-state index contributed by atoms with van der Waals surface area (Å²) in [6.07, 6.45) is 1.29. The highest BCUT2D eigenvalue weighted by Gasteiger charge is 2.27. The molecule has 1 saturated heterocycles. The van der Waals surface area contributed by atoms with E-state index in [-0.39, 0.29) is 31.4 Å². The molecule has 0 radical (unpaired) electrons. The molecule has 0 unspecified atom stereocenters. The van der Waals surface area contributed by atoms with Crippen molar-refractivity contribution in [3.05, 3.63) is 45.4 Å². The van der Waals surface area contributed by atoms with Gasteiger partial charge in [0.1, 0.15) is 6.61 Å². The van der Waals surface area contributed by atoms with Crippen LogP contribution in [0.4, 0.5) is 0 Å². The number of ether oxygens (including phenoxy) is 2. The van der Waals surface area contributed by atoms with Crippen molar-refractivity contribution >= 4 is 45.5 Å². The van der Waals surface area contributed by atoms with E-state index in [0.29, 0.717) is 15.1 Å². The van der Waals surface area contributed by atoms with Crippen molar-refractivity contribution in [2.24, 2.45) is 0 Å². The van der Waals surface area contributed by atoms with Gasteiger partial charge in [-0.2, -0.15) is 0 Å². The molecule has 1 aromatic carbocycles. The summed E-state index contributed by atoms with van der Waals surface area (Å²) >= 11 is 4.55. The fraction of sp³-hybridized carbons (Fsp3) is 0.312. The Morgan fingerprint density at radius 1 is 1.33 bits per heavy atom. The van der Waals surface area contributed by atoms with Gasteiger partial charge in [-0.1, -0.05) is 23.9 Å². The topological polar surface area (TPSA) is 72.9 Å². The highest BCUT2D eigenvalue weighted by atomic mass is 79.9. The lowest BCUT2D eigenvalue weighted by Crippen LogP contribution is -2.29. The third-order valence-electron chi connectivity index (χ3n) is 3.08. The maximum Gasteiger partial charge on any atom is 0.339 e. The maximum absolute atomic E-state index is 12.0. The predicted molar refractivity (Wildman–Crippen MR) is 93.3 cm³/mol. The van der Waals surface area contributed by atoms with Crippen LogP contribution in [0.15, 0.2) is 39.8 Å². The van der Waals surface area contributed by atoms with Crippen LogP contribution >= 0.6 is 27.7 Å². The molecule has 0 N–H and O–H groups in total. The first kappa shape index (κ1) is 18.5. The number of amides is 1. The van der Waals surface area contributed by atoms with Crippen LogP contribution in [0.3, 0.4) is 0 Å². The minimum absolute atomic E-state index is 0.0344. The summed E-state index contributed by atoms with van der Waals surface area (Å²) in [5.41, 5.74) is 0.418. The molecule has 0 aromatic heterocycles. The van der Waals surface area contributed by atoms with E-state index in [0.717, 1.165) is 0 Å². The zero-order valence-corrected chi connectivity index (χ0v) is 15.4. The molecule has 1 aliphatic rings. The number of benzene rings is 1. The molecule has 0 aliphatic carbocycles. The Bertz CT molecular complexity index is 676. The van der Waals surface area contributed by atoms with E-state index in [4.69, 9.17) is 9.47 Å². The van der Waals surface area contributed by atoms with Gasteiger partial charge in [0, 0.05) is 4.47 Å². The molecular formula is C16H16BrNO5S. The minimum Gasteiger partial charge on any atom is -0.463 e. The summed E-state index contributed by atoms with van der Waals surface area (Å²) in [5.74, 6) is -0.848. The summed E-state index contributed by atoms with van der Waals surface area (Å²) in [5, 5.41) is 0.510. The number of nitrogens with zero attached hydrogens (tertiary/aromatic N) is 1. The zero-order chi connectivity index (χ0) is 17.5. The lowest BCUT2D eigenvalue weighted by Gasteiger charge is -2.17. The van der Waals surface area contributed by atoms with Crippen molar-refractivity contribution < 1.29 is 23.9 Å². The maximum atomic E-state index is 12.0. The molecule has 0 bridgehead atoms. The Morgan fingerprint density at radius 3 is 2.79 bits per heavy atom. The van der Waals surface area contributed by atoms with Gasteiger partial charge in [0.2, 0.25) is 5.91 Å². The highest BCUT2D eigenvalue weighted by Crippen LogP contribution is 2.28. The van der Waals surface area contributed by atoms with Gasteiger partial charge in [-0.05, 0) is 35.0 Å². The number of hydrogen-bond acceptors (Lipinski definition) is 6. The largest absolute Gasteiger partial charge is 0.463 e. The van der Waals surface area contributed by atoms with Gasteiger partial charge in [-0.25, -0.2) is 9.59 Å². The van der Waals surface area contributed by atoms with Gasteiger partial charge in [-0.3, -0.25) is 4.79 Å². The van der Waals surface area contributed by atoms with Crippen molar-refractivity contribution in [2.75, 3.05) is 25.5 Å². The number of rotatable bonds is 6. The van der Waals surface area contributed by atoms with Gasteiger partial charge in [0.25, 0.3) is 0 Å².